The highest BCUT2D eigenvalue weighted by atomic mass is 16.5. The van der Waals surface area contributed by atoms with Crippen LogP contribution in [0.25, 0.3) is 0 Å². The van der Waals surface area contributed by atoms with Crippen molar-refractivity contribution in [2.45, 2.75) is 32.0 Å². The quantitative estimate of drug-likeness (QED) is 0.772. The fourth-order valence-corrected chi connectivity index (χ4v) is 3.47. The van der Waals surface area contributed by atoms with Crippen molar-refractivity contribution in [2.75, 3.05) is 47.0 Å². The van der Waals surface area contributed by atoms with Crippen molar-refractivity contribution < 1.29 is 9.47 Å². The lowest BCUT2D eigenvalue weighted by molar-refractivity contribution is -0.00730. The highest BCUT2D eigenvalue weighted by molar-refractivity contribution is 5.18. The summed E-state index contributed by atoms with van der Waals surface area (Å²) < 4.78 is 11.0. The molecule has 0 bridgehead atoms. The zero-order valence-electron chi connectivity index (χ0n) is 14.4. The average molecular weight is 306 g/mol. The molecule has 1 saturated heterocycles. The molecule has 1 aromatic carbocycles. The molecular weight excluding hydrogens is 276 g/mol. The lowest BCUT2D eigenvalue weighted by Gasteiger charge is -2.45. The first-order valence-electron chi connectivity index (χ1n) is 8.20. The van der Waals surface area contributed by atoms with E-state index >= 15 is 0 Å². The van der Waals surface area contributed by atoms with Crippen LogP contribution < -0.4 is 0 Å². The van der Waals surface area contributed by atoms with Crippen LogP contribution in [0.1, 0.15) is 25.5 Å². The summed E-state index contributed by atoms with van der Waals surface area (Å²) >= 11 is 0. The lowest BCUT2D eigenvalue weighted by Crippen LogP contribution is -2.57. The van der Waals surface area contributed by atoms with Gasteiger partial charge in [-0.3, -0.25) is 9.80 Å². The van der Waals surface area contributed by atoms with Gasteiger partial charge in [0.15, 0.2) is 0 Å². The maximum absolute atomic E-state index is 5.73. The van der Waals surface area contributed by atoms with Crippen molar-refractivity contribution in [1.29, 1.82) is 0 Å². The number of ether oxygens (including phenoxy) is 2. The van der Waals surface area contributed by atoms with Crippen LogP contribution in [0.15, 0.2) is 30.3 Å². The largest absolute Gasteiger partial charge is 0.383 e. The zero-order chi connectivity index (χ0) is 15.9. The Hall–Kier alpha value is -0.940. The summed E-state index contributed by atoms with van der Waals surface area (Å²) in [7, 11) is 3.58. The Balaban J connectivity index is 1.94. The van der Waals surface area contributed by atoms with Gasteiger partial charge in [-0.25, -0.2) is 0 Å². The topological polar surface area (TPSA) is 24.9 Å². The molecule has 1 aliphatic rings. The molecule has 124 valence electrons. The maximum Gasteiger partial charge on any atom is 0.0947 e. The molecule has 1 aromatic rings. The van der Waals surface area contributed by atoms with Crippen molar-refractivity contribution in [1.82, 2.24) is 9.80 Å². The van der Waals surface area contributed by atoms with E-state index in [4.69, 9.17) is 9.47 Å². The molecule has 1 fully saturated rings. The molecule has 0 saturated carbocycles. The van der Waals surface area contributed by atoms with Crippen molar-refractivity contribution in [2.24, 2.45) is 0 Å². The molecule has 4 nitrogen and oxygen atoms in total. The van der Waals surface area contributed by atoms with Gasteiger partial charge in [-0.05, 0) is 19.4 Å². The molecule has 0 amide bonds. The number of nitrogens with zero attached hydrogens (tertiary/aromatic N) is 2. The third-order valence-corrected chi connectivity index (χ3v) is 4.61. The number of rotatable bonds is 7. The first-order chi connectivity index (χ1) is 10.7. The first-order valence-corrected chi connectivity index (χ1v) is 8.20. The number of piperazine rings is 1. The number of hydrogen-bond donors (Lipinski definition) is 0. The molecule has 0 N–H and O–H groups in total. The highest BCUT2D eigenvalue weighted by Gasteiger charge is 2.30. The van der Waals surface area contributed by atoms with Gasteiger partial charge in [0.25, 0.3) is 0 Å². The van der Waals surface area contributed by atoms with Crippen molar-refractivity contribution >= 4 is 0 Å². The Morgan fingerprint density at radius 1 is 1.09 bits per heavy atom. The Kier molecular flexibility index (Phi) is 6.83. The van der Waals surface area contributed by atoms with E-state index in [0.717, 1.165) is 32.8 Å². The summed E-state index contributed by atoms with van der Waals surface area (Å²) in [5.74, 6) is 0. The predicted molar refractivity (Wildman–Crippen MR) is 90.1 cm³/mol. The summed E-state index contributed by atoms with van der Waals surface area (Å²) in [4.78, 5) is 5.07. The molecule has 1 aliphatic heterocycles. The average Bonchev–Trinajstić information content (AvgIpc) is 2.53. The van der Waals surface area contributed by atoms with E-state index in [1.54, 1.807) is 14.2 Å². The van der Waals surface area contributed by atoms with Gasteiger partial charge in [-0.15, -0.1) is 0 Å². The van der Waals surface area contributed by atoms with E-state index in [2.05, 4.69) is 54.0 Å². The van der Waals surface area contributed by atoms with Crippen LogP contribution >= 0.6 is 0 Å². The predicted octanol–water partition coefficient (Wildman–Crippen LogP) is 2.42. The molecule has 2 rings (SSSR count). The van der Waals surface area contributed by atoms with Gasteiger partial charge in [-0.1, -0.05) is 30.3 Å². The van der Waals surface area contributed by atoms with Crippen LogP contribution in [-0.4, -0.2) is 68.9 Å². The Morgan fingerprint density at radius 3 is 2.27 bits per heavy atom. The van der Waals surface area contributed by atoms with Crippen LogP contribution in [0, 0.1) is 0 Å². The fraction of sp³-hybridized carbons (Fsp3) is 0.667. The van der Waals surface area contributed by atoms with Crippen LogP contribution in [0.3, 0.4) is 0 Å². The van der Waals surface area contributed by atoms with Gasteiger partial charge in [0.1, 0.15) is 0 Å². The van der Waals surface area contributed by atoms with Gasteiger partial charge in [0, 0.05) is 52.5 Å². The van der Waals surface area contributed by atoms with E-state index in [1.807, 2.05) is 0 Å². The molecule has 4 heteroatoms. The third-order valence-electron chi connectivity index (χ3n) is 4.61. The Morgan fingerprint density at radius 2 is 1.73 bits per heavy atom. The Labute approximate surface area is 135 Å². The number of methoxy groups -OCH3 is 2. The minimum Gasteiger partial charge on any atom is -0.383 e. The second-order valence-corrected chi connectivity index (χ2v) is 6.28. The highest BCUT2D eigenvalue weighted by Crippen LogP contribution is 2.21. The van der Waals surface area contributed by atoms with Gasteiger partial charge in [-0.2, -0.15) is 0 Å². The smallest absolute Gasteiger partial charge is 0.0947 e. The van der Waals surface area contributed by atoms with E-state index < -0.39 is 0 Å². The second kappa shape index (κ2) is 8.63. The maximum atomic E-state index is 5.73. The van der Waals surface area contributed by atoms with Crippen LogP contribution in [0.5, 0.6) is 0 Å². The SMILES string of the molecule is COCCN1[C@H](C)CN(C[C@@H](OC)c2ccccc2)C[C@@H]1C. The molecule has 0 aliphatic carbocycles. The van der Waals surface area contributed by atoms with Crippen LogP contribution in [-0.2, 0) is 9.47 Å². The van der Waals surface area contributed by atoms with Gasteiger partial charge in [0.2, 0.25) is 0 Å². The molecule has 0 spiro atoms. The third kappa shape index (κ3) is 4.53. The number of benzene rings is 1. The summed E-state index contributed by atoms with van der Waals surface area (Å²) in [5.41, 5.74) is 1.26. The van der Waals surface area contributed by atoms with Gasteiger partial charge >= 0.3 is 0 Å². The monoisotopic (exact) mass is 306 g/mol. The summed E-state index contributed by atoms with van der Waals surface area (Å²) in [6, 6.07) is 11.6. The molecule has 0 radical (unpaired) electrons. The van der Waals surface area contributed by atoms with Crippen molar-refractivity contribution in [3.05, 3.63) is 35.9 Å². The second-order valence-electron chi connectivity index (χ2n) is 6.28. The number of hydrogen-bond acceptors (Lipinski definition) is 4. The van der Waals surface area contributed by atoms with Crippen molar-refractivity contribution in [3.63, 3.8) is 0 Å². The molecule has 0 aromatic heterocycles. The molecule has 1 heterocycles. The summed E-state index contributed by atoms with van der Waals surface area (Å²) in [6.45, 7) is 9.55. The molecular formula is C18H30N2O2. The molecule has 0 unspecified atom stereocenters. The minimum atomic E-state index is 0.145. The summed E-state index contributed by atoms with van der Waals surface area (Å²) in [5, 5.41) is 0. The van der Waals surface area contributed by atoms with E-state index in [-0.39, 0.29) is 6.10 Å². The fourth-order valence-electron chi connectivity index (χ4n) is 3.47. The zero-order valence-corrected chi connectivity index (χ0v) is 14.4. The normalized spacial score (nSPS) is 25.3. The van der Waals surface area contributed by atoms with E-state index in [9.17, 15) is 0 Å². The van der Waals surface area contributed by atoms with E-state index in [0.29, 0.717) is 12.1 Å². The van der Waals surface area contributed by atoms with Crippen LogP contribution in [0.2, 0.25) is 0 Å². The minimum absolute atomic E-state index is 0.145. The molecule has 3 atom stereocenters. The first kappa shape index (κ1) is 17.4. The standard InChI is InChI=1S/C18H30N2O2/c1-15-12-19(13-16(2)20(15)10-11-21-3)14-18(22-4)17-8-6-5-7-9-17/h5-9,15-16,18H,10-14H2,1-4H3/t15-,16+,18-/m1/s1. The van der Waals surface area contributed by atoms with E-state index in [1.165, 1.54) is 5.56 Å². The Bertz CT molecular complexity index is 414. The lowest BCUT2D eigenvalue weighted by atomic mass is 10.0. The van der Waals surface area contributed by atoms with Gasteiger partial charge in [0.05, 0.1) is 12.7 Å². The summed E-state index contributed by atoms with van der Waals surface area (Å²) in [6.07, 6.45) is 0.145. The van der Waals surface area contributed by atoms with Crippen LogP contribution in [0.4, 0.5) is 0 Å². The molecule has 22 heavy (non-hydrogen) atoms. The van der Waals surface area contributed by atoms with Crippen molar-refractivity contribution in [3.8, 4) is 0 Å². The van der Waals surface area contributed by atoms with Gasteiger partial charge < -0.3 is 9.47 Å².